The maximum atomic E-state index is 11.6. The molecule has 3 N–H and O–H groups in total. The van der Waals surface area contributed by atoms with Crippen LogP contribution in [0.15, 0.2) is 24.3 Å². The lowest BCUT2D eigenvalue weighted by Gasteiger charge is -2.06. The fourth-order valence-electron chi connectivity index (χ4n) is 1.83. The summed E-state index contributed by atoms with van der Waals surface area (Å²) >= 11 is 0. The lowest BCUT2D eigenvalue weighted by molar-refractivity contribution is -0.120. The van der Waals surface area contributed by atoms with Crippen LogP contribution in [0, 0.1) is 11.3 Å². The molecule has 96 valence electrons. The smallest absolute Gasteiger partial charge is 0.318 e. The number of imide groups is 1. The molecule has 0 aliphatic rings. The molecule has 2 rings (SSSR count). The highest BCUT2D eigenvalue weighted by atomic mass is 16.2. The number of imidazole rings is 1. The van der Waals surface area contributed by atoms with Gasteiger partial charge in [-0.15, -0.1) is 0 Å². The van der Waals surface area contributed by atoms with Crippen molar-refractivity contribution in [2.75, 3.05) is 0 Å². The Morgan fingerprint density at radius 1 is 1.42 bits per heavy atom. The quantitative estimate of drug-likeness (QED) is 0.822. The number of nitriles is 1. The Kier molecular flexibility index (Phi) is 3.43. The Morgan fingerprint density at radius 2 is 2.16 bits per heavy atom. The summed E-state index contributed by atoms with van der Waals surface area (Å²) in [5.74, 6) is -0.0711. The van der Waals surface area contributed by atoms with Gasteiger partial charge in [0.2, 0.25) is 5.91 Å². The monoisotopic (exact) mass is 257 g/mol. The van der Waals surface area contributed by atoms with Crippen molar-refractivity contribution < 1.29 is 9.59 Å². The zero-order chi connectivity index (χ0) is 13.8. The van der Waals surface area contributed by atoms with Crippen molar-refractivity contribution in [1.82, 2.24) is 14.9 Å². The number of nitrogens with one attached hydrogen (secondary N) is 1. The second-order valence-electron chi connectivity index (χ2n) is 3.85. The van der Waals surface area contributed by atoms with Gasteiger partial charge in [0.25, 0.3) is 0 Å². The first-order valence-corrected chi connectivity index (χ1v) is 5.52. The topological polar surface area (TPSA) is 114 Å². The van der Waals surface area contributed by atoms with E-state index in [1.165, 1.54) is 0 Å². The van der Waals surface area contributed by atoms with Gasteiger partial charge in [0.05, 0.1) is 23.5 Å². The van der Waals surface area contributed by atoms with Crippen molar-refractivity contribution in [1.29, 1.82) is 5.26 Å². The van der Waals surface area contributed by atoms with Crippen molar-refractivity contribution in [3.8, 4) is 6.07 Å². The molecule has 0 saturated carbocycles. The van der Waals surface area contributed by atoms with Gasteiger partial charge in [0.1, 0.15) is 12.4 Å². The first-order chi connectivity index (χ1) is 9.11. The van der Waals surface area contributed by atoms with Crippen LogP contribution in [0.4, 0.5) is 4.79 Å². The number of nitrogens with zero attached hydrogens (tertiary/aromatic N) is 3. The number of rotatable bonds is 3. The Labute approximate surface area is 108 Å². The molecule has 1 aromatic heterocycles. The van der Waals surface area contributed by atoms with Gasteiger partial charge >= 0.3 is 6.03 Å². The molecule has 0 radical (unpaired) electrons. The third-order valence-electron chi connectivity index (χ3n) is 2.54. The van der Waals surface area contributed by atoms with Crippen LogP contribution >= 0.6 is 0 Å². The van der Waals surface area contributed by atoms with Crippen LogP contribution in [-0.2, 0) is 17.8 Å². The van der Waals surface area contributed by atoms with Crippen molar-refractivity contribution in [3.63, 3.8) is 0 Å². The molecule has 7 nitrogen and oxygen atoms in total. The molecule has 0 unspecified atom stereocenters. The number of aromatic nitrogens is 2. The molecular weight excluding hydrogens is 246 g/mol. The van der Waals surface area contributed by atoms with Gasteiger partial charge in [-0.05, 0) is 12.1 Å². The Balaban J connectivity index is 2.39. The molecule has 0 aliphatic carbocycles. The minimum absolute atomic E-state index is 0.0819. The average molecular weight is 257 g/mol. The molecule has 3 amide bonds. The third kappa shape index (κ3) is 2.69. The number of nitrogens with two attached hydrogens (primary N) is 1. The van der Waals surface area contributed by atoms with Gasteiger partial charge < -0.3 is 10.3 Å². The normalized spacial score (nSPS) is 10.1. The highest BCUT2D eigenvalue weighted by Crippen LogP contribution is 2.16. The molecule has 1 aromatic carbocycles. The molecule has 0 atom stereocenters. The van der Waals surface area contributed by atoms with E-state index in [1.54, 1.807) is 16.7 Å². The van der Waals surface area contributed by atoms with Crippen molar-refractivity contribution in [2.24, 2.45) is 5.73 Å². The zero-order valence-electron chi connectivity index (χ0n) is 9.96. The number of benzene rings is 1. The maximum absolute atomic E-state index is 11.6. The van der Waals surface area contributed by atoms with Gasteiger partial charge in [-0.25, -0.2) is 9.78 Å². The van der Waals surface area contributed by atoms with Gasteiger partial charge in [-0.1, -0.05) is 12.1 Å². The standard InChI is InChI=1S/C12H11N5O2/c13-6-5-10-15-8-3-1-2-4-9(8)17(10)7-11(18)16-12(14)19/h1-4H,5,7H2,(H3,14,16,18,19). The Hall–Kier alpha value is -2.88. The third-order valence-corrected chi connectivity index (χ3v) is 2.54. The van der Waals surface area contributed by atoms with Crippen molar-refractivity contribution in [3.05, 3.63) is 30.1 Å². The second-order valence-corrected chi connectivity index (χ2v) is 3.85. The van der Waals surface area contributed by atoms with Crippen molar-refractivity contribution in [2.45, 2.75) is 13.0 Å². The maximum Gasteiger partial charge on any atom is 0.318 e. The minimum atomic E-state index is -0.906. The fourth-order valence-corrected chi connectivity index (χ4v) is 1.83. The van der Waals surface area contributed by atoms with Crippen LogP contribution in [0.1, 0.15) is 5.82 Å². The lowest BCUT2D eigenvalue weighted by Crippen LogP contribution is -2.37. The average Bonchev–Trinajstić information content (AvgIpc) is 2.67. The zero-order valence-corrected chi connectivity index (χ0v) is 9.96. The van der Waals surface area contributed by atoms with Gasteiger partial charge in [-0.3, -0.25) is 10.1 Å². The van der Waals surface area contributed by atoms with E-state index < -0.39 is 11.9 Å². The van der Waals surface area contributed by atoms with E-state index in [0.717, 1.165) is 5.52 Å². The summed E-state index contributed by atoms with van der Waals surface area (Å²) in [5.41, 5.74) is 6.31. The molecule has 0 aliphatic heterocycles. The molecule has 0 bridgehead atoms. The Bertz CT molecular complexity index is 683. The first-order valence-electron chi connectivity index (χ1n) is 5.52. The van der Waals surface area contributed by atoms with E-state index in [9.17, 15) is 9.59 Å². The number of urea groups is 1. The summed E-state index contributed by atoms with van der Waals surface area (Å²) in [7, 11) is 0. The fraction of sp³-hybridized carbons (Fsp3) is 0.167. The summed E-state index contributed by atoms with van der Waals surface area (Å²) in [4.78, 5) is 26.5. The van der Waals surface area contributed by atoms with Gasteiger partial charge in [0.15, 0.2) is 0 Å². The van der Waals surface area contributed by atoms with E-state index in [-0.39, 0.29) is 13.0 Å². The molecule has 0 spiro atoms. The number of amides is 3. The van der Waals surface area contributed by atoms with Crippen LogP contribution in [-0.4, -0.2) is 21.5 Å². The molecule has 0 fully saturated rings. The molecular formula is C12H11N5O2. The summed E-state index contributed by atoms with van der Waals surface area (Å²) in [5, 5.41) is 10.8. The second kappa shape index (κ2) is 5.18. The van der Waals surface area contributed by atoms with E-state index in [0.29, 0.717) is 11.3 Å². The first kappa shape index (κ1) is 12.6. The predicted molar refractivity (Wildman–Crippen MR) is 66.8 cm³/mol. The highest BCUT2D eigenvalue weighted by Gasteiger charge is 2.13. The van der Waals surface area contributed by atoms with Crippen LogP contribution < -0.4 is 11.1 Å². The van der Waals surface area contributed by atoms with E-state index in [4.69, 9.17) is 11.0 Å². The number of carbonyl (C=O) groups excluding carboxylic acids is 2. The summed E-state index contributed by atoms with van der Waals surface area (Å²) in [6.45, 7) is -0.111. The number of fused-ring (bicyclic) bond motifs is 1. The predicted octanol–water partition coefficient (Wildman–Crippen LogP) is 0.297. The number of hydrogen-bond acceptors (Lipinski definition) is 4. The summed E-state index contributed by atoms with van der Waals surface area (Å²) < 4.78 is 1.59. The van der Waals surface area contributed by atoms with Crippen LogP contribution in [0.25, 0.3) is 11.0 Å². The molecule has 1 heterocycles. The number of para-hydroxylation sites is 2. The van der Waals surface area contributed by atoms with E-state index in [2.05, 4.69) is 4.98 Å². The molecule has 19 heavy (non-hydrogen) atoms. The lowest BCUT2D eigenvalue weighted by atomic mass is 10.3. The van der Waals surface area contributed by atoms with Crippen LogP contribution in [0.3, 0.4) is 0 Å². The highest BCUT2D eigenvalue weighted by molar-refractivity contribution is 5.94. The molecule has 7 heteroatoms. The number of primary amides is 1. The van der Waals surface area contributed by atoms with Gasteiger partial charge in [-0.2, -0.15) is 5.26 Å². The summed E-state index contributed by atoms with van der Waals surface area (Å²) in [6, 6.07) is 8.30. The number of hydrogen-bond donors (Lipinski definition) is 2. The number of carbonyl (C=O) groups is 2. The Morgan fingerprint density at radius 3 is 2.84 bits per heavy atom. The van der Waals surface area contributed by atoms with Crippen molar-refractivity contribution >= 4 is 23.0 Å². The van der Waals surface area contributed by atoms with Crippen LogP contribution in [0.2, 0.25) is 0 Å². The SMILES string of the molecule is N#CCc1nc2ccccc2n1CC(=O)NC(N)=O. The van der Waals surface area contributed by atoms with Gasteiger partial charge in [0, 0.05) is 0 Å². The van der Waals surface area contributed by atoms with Crippen LogP contribution in [0.5, 0.6) is 0 Å². The largest absolute Gasteiger partial charge is 0.351 e. The molecule has 2 aromatic rings. The summed E-state index contributed by atoms with van der Waals surface area (Å²) in [6.07, 6.45) is 0.0819. The van der Waals surface area contributed by atoms with E-state index in [1.807, 2.05) is 23.5 Å². The minimum Gasteiger partial charge on any atom is -0.351 e. The van der Waals surface area contributed by atoms with E-state index >= 15 is 0 Å². The molecule has 0 saturated heterocycles.